The number of hydrogen-bond donors (Lipinski definition) is 2. The molecule has 1 aliphatic heterocycles. The first-order valence-electron chi connectivity index (χ1n) is 7.76. The highest BCUT2D eigenvalue weighted by molar-refractivity contribution is 5.85. The standard InChI is InChI=1S/C19H24O4/c1-12(2)5-7-14-9-13(6-8-17(20)21)10-15-11-16(19(3,4)22)23-18(14)15/h5-6,8-10,16,22H,7,11H2,1-4H3,(H,20,21). The summed E-state index contributed by atoms with van der Waals surface area (Å²) in [5.41, 5.74) is 3.15. The normalized spacial score (nSPS) is 17.0. The molecule has 124 valence electrons. The summed E-state index contributed by atoms with van der Waals surface area (Å²) in [7, 11) is 0. The van der Waals surface area contributed by atoms with E-state index in [1.165, 1.54) is 5.57 Å². The zero-order valence-electron chi connectivity index (χ0n) is 14.1. The maximum Gasteiger partial charge on any atom is 0.328 e. The lowest BCUT2D eigenvalue weighted by molar-refractivity contribution is -0.131. The Hall–Kier alpha value is -2.07. The summed E-state index contributed by atoms with van der Waals surface area (Å²) < 4.78 is 6.00. The number of aliphatic hydroxyl groups is 1. The Kier molecular flexibility index (Phi) is 4.95. The number of ether oxygens (including phenoxy) is 1. The van der Waals surface area contributed by atoms with Gasteiger partial charge in [-0.15, -0.1) is 0 Å². The molecule has 0 aliphatic carbocycles. The van der Waals surface area contributed by atoms with Gasteiger partial charge in [0.15, 0.2) is 0 Å². The van der Waals surface area contributed by atoms with Gasteiger partial charge in [-0.3, -0.25) is 0 Å². The van der Waals surface area contributed by atoms with Gasteiger partial charge >= 0.3 is 5.97 Å². The van der Waals surface area contributed by atoms with E-state index in [1.54, 1.807) is 19.9 Å². The second-order valence-electron chi connectivity index (χ2n) is 6.79. The number of aliphatic carboxylic acids is 1. The smallest absolute Gasteiger partial charge is 0.328 e. The molecule has 1 aromatic carbocycles. The fourth-order valence-corrected chi connectivity index (χ4v) is 2.59. The highest BCUT2D eigenvalue weighted by atomic mass is 16.5. The van der Waals surface area contributed by atoms with Crippen LogP contribution in [0.1, 0.15) is 44.4 Å². The molecule has 0 spiro atoms. The van der Waals surface area contributed by atoms with Crippen LogP contribution in [0, 0.1) is 0 Å². The number of rotatable bonds is 5. The molecule has 1 atom stereocenters. The molecule has 23 heavy (non-hydrogen) atoms. The molecule has 1 aliphatic rings. The molecule has 0 radical (unpaired) electrons. The van der Waals surface area contributed by atoms with Crippen molar-refractivity contribution < 1.29 is 19.7 Å². The third-order valence-electron chi connectivity index (χ3n) is 3.87. The number of carboxylic acid groups (broad SMARTS) is 1. The van der Waals surface area contributed by atoms with Gasteiger partial charge in [0.05, 0.1) is 5.60 Å². The van der Waals surface area contributed by atoms with Crippen molar-refractivity contribution in [1.29, 1.82) is 0 Å². The van der Waals surface area contributed by atoms with Crippen LogP contribution < -0.4 is 4.74 Å². The second-order valence-corrected chi connectivity index (χ2v) is 6.79. The fraction of sp³-hybridized carbons (Fsp3) is 0.421. The van der Waals surface area contributed by atoms with Crippen molar-refractivity contribution in [3.8, 4) is 5.75 Å². The predicted octanol–water partition coefficient (Wildman–Crippen LogP) is 3.37. The van der Waals surface area contributed by atoms with Crippen LogP contribution in [0.4, 0.5) is 0 Å². The molecule has 2 rings (SSSR count). The average Bonchev–Trinajstić information content (AvgIpc) is 2.86. The summed E-state index contributed by atoms with van der Waals surface area (Å²) in [6.45, 7) is 7.55. The summed E-state index contributed by atoms with van der Waals surface area (Å²) >= 11 is 0. The van der Waals surface area contributed by atoms with Crippen molar-refractivity contribution in [3.63, 3.8) is 0 Å². The van der Waals surface area contributed by atoms with Gasteiger partial charge in [-0.1, -0.05) is 11.6 Å². The number of carbonyl (C=O) groups is 1. The lowest BCUT2D eigenvalue weighted by Crippen LogP contribution is -2.39. The van der Waals surface area contributed by atoms with Gasteiger partial charge in [0, 0.05) is 12.5 Å². The lowest BCUT2D eigenvalue weighted by Gasteiger charge is -2.24. The molecule has 1 heterocycles. The van der Waals surface area contributed by atoms with E-state index in [-0.39, 0.29) is 6.10 Å². The van der Waals surface area contributed by atoms with Gasteiger partial charge in [-0.05, 0) is 69.0 Å². The topological polar surface area (TPSA) is 66.8 Å². The third kappa shape index (κ3) is 4.45. The van der Waals surface area contributed by atoms with Crippen molar-refractivity contribution >= 4 is 12.0 Å². The van der Waals surface area contributed by atoms with Crippen LogP contribution in [-0.4, -0.2) is 27.9 Å². The van der Waals surface area contributed by atoms with Crippen molar-refractivity contribution in [2.24, 2.45) is 0 Å². The summed E-state index contributed by atoms with van der Waals surface area (Å²) in [5.74, 6) is -0.149. The van der Waals surface area contributed by atoms with E-state index in [0.29, 0.717) is 6.42 Å². The molecule has 1 unspecified atom stereocenters. The quantitative estimate of drug-likeness (QED) is 0.645. The number of hydrogen-bond acceptors (Lipinski definition) is 3. The summed E-state index contributed by atoms with van der Waals surface area (Å²) in [6, 6.07) is 3.89. The molecule has 2 N–H and O–H groups in total. The second kappa shape index (κ2) is 6.59. The Morgan fingerprint density at radius 2 is 2.09 bits per heavy atom. The predicted molar refractivity (Wildman–Crippen MR) is 90.7 cm³/mol. The Morgan fingerprint density at radius 3 is 2.65 bits per heavy atom. The number of carboxylic acids is 1. The molecule has 4 heteroatoms. The van der Waals surface area contributed by atoms with Crippen LogP contribution >= 0.6 is 0 Å². The monoisotopic (exact) mass is 316 g/mol. The van der Waals surface area contributed by atoms with Crippen molar-refractivity contribution in [2.75, 3.05) is 0 Å². The van der Waals surface area contributed by atoms with E-state index < -0.39 is 11.6 Å². The zero-order chi connectivity index (χ0) is 17.2. The van der Waals surface area contributed by atoms with E-state index >= 15 is 0 Å². The van der Waals surface area contributed by atoms with Crippen molar-refractivity contribution in [1.82, 2.24) is 0 Å². The molecule has 0 amide bonds. The van der Waals surface area contributed by atoms with Gasteiger partial charge < -0.3 is 14.9 Å². The number of allylic oxidation sites excluding steroid dienone is 2. The van der Waals surface area contributed by atoms with Crippen LogP contribution in [-0.2, 0) is 17.6 Å². The van der Waals surface area contributed by atoms with Crippen LogP contribution in [0.2, 0.25) is 0 Å². The lowest BCUT2D eigenvalue weighted by atomic mass is 9.95. The van der Waals surface area contributed by atoms with Gasteiger partial charge in [-0.25, -0.2) is 4.79 Å². The average molecular weight is 316 g/mol. The van der Waals surface area contributed by atoms with Gasteiger partial charge in [0.25, 0.3) is 0 Å². The molecular weight excluding hydrogens is 292 g/mol. The minimum Gasteiger partial charge on any atom is -0.487 e. The first kappa shape index (κ1) is 17.3. The molecule has 1 aromatic rings. The third-order valence-corrected chi connectivity index (χ3v) is 3.87. The Balaban J connectivity index is 2.41. The van der Waals surface area contributed by atoms with Gasteiger partial charge in [-0.2, -0.15) is 0 Å². The molecule has 4 nitrogen and oxygen atoms in total. The molecule has 0 aromatic heterocycles. The molecule has 0 saturated carbocycles. The van der Waals surface area contributed by atoms with Crippen molar-refractivity contribution in [2.45, 2.75) is 52.2 Å². The summed E-state index contributed by atoms with van der Waals surface area (Å²) in [6.07, 6.45) is 5.89. The zero-order valence-corrected chi connectivity index (χ0v) is 14.1. The van der Waals surface area contributed by atoms with Gasteiger partial charge in [0.1, 0.15) is 11.9 Å². The molecule has 0 bridgehead atoms. The van der Waals surface area contributed by atoms with Crippen LogP contribution in [0.25, 0.3) is 6.08 Å². The molecule has 0 saturated heterocycles. The largest absolute Gasteiger partial charge is 0.487 e. The molecular formula is C19H24O4. The van der Waals surface area contributed by atoms with E-state index in [1.807, 2.05) is 26.0 Å². The van der Waals surface area contributed by atoms with Gasteiger partial charge in [0.2, 0.25) is 0 Å². The number of fused-ring (bicyclic) bond motifs is 1. The first-order chi connectivity index (χ1) is 10.7. The highest BCUT2D eigenvalue weighted by Gasteiger charge is 2.35. The molecule has 0 fully saturated rings. The number of benzene rings is 1. The van der Waals surface area contributed by atoms with E-state index in [0.717, 1.165) is 34.9 Å². The fourth-order valence-electron chi connectivity index (χ4n) is 2.59. The minimum absolute atomic E-state index is 0.290. The van der Waals surface area contributed by atoms with Crippen molar-refractivity contribution in [3.05, 3.63) is 46.5 Å². The van der Waals surface area contributed by atoms with E-state index in [4.69, 9.17) is 9.84 Å². The van der Waals surface area contributed by atoms with E-state index in [2.05, 4.69) is 6.08 Å². The Labute approximate surface area is 137 Å². The van der Waals surface area contributed by atoms with Crippen LogP contribution in [0.3, 0.4) is 0 Å². The summed E-state index contributed by atoms with van der Waals surface area (Å²) in [5, 5.41) is 19.0. The Bertz CT molecular complexity index is 659. The maximum atomic E-state index is 10.7. The maximum absolute atomic E-state index is 10.7. The Morgan fingerprint density at radius 1 is 1.39 bits per heavy atom. The highest BCUT2D eigenvalue weighted by Crippen LogP contribution is 2.37. The minimum atomic E-state index is -0.970. The van der Waals surface area contributed by atoms with Crippen LogP contribution in [0.15, 0.2) is 29.9 Å². The first-order valence-corrected chi connectivity index (χ1v) is 7.76. The SMILES string of the molecule is CC(C)=CCc1cc(C=CC(=O)O)cc2c1OC(C(C)(C)O)C2. The summed E-state index contributed by atoms with van der Waals surface area (Å²) in [4.78, 5) is 10.7. The van der Waals surface area contributed by atoms with Crippen LogP contribution in [0.5, 0.6) is 5.75 Å². The van der Waals surface area contributed by atoms with E-state index in [9.17, 15) is 9.90 Å².